The average molecular weight is 288 g/mol. The monoisotopic (exact) mass is 288 g/mol. The number of ether oxygens (including phenoxy) is 2. The van der Waals surface area contributed by atoms with E-state index in [1.165, 1.54) is 13.5 Å². The molecule has 1 aliphatic rings. The van der Waals surface area contributed by atoms with Gasteiger partial charge in [0.15, 0.2) is 18.1 Å². The highest BCUT2D eigenvalue weighted by molar-refractivity contribution is 5.78. The third-order valence-corrected chi connectivity index (χ3v) is 3.65. The molecule has 1 heterocycles. The van der Waals surface area contributed by atoms with Gasteiger partial charge in [-0.1, -0.05) is 6.92 Å². The SMILES string of the molecule is COc1cc(C#N)ccc1OCC(=O)N1CCCC(C)C1. The predicted molar refractivity (Wildman–Crippen MR) is 78.2 cm³/mol. The lowest BCUT2D eigenvalue weighted by molar-refractivity contribution is -0.135. The summed E-state index contributed by atoms with van der Waals surface area (Å²) in [5, 5.41) is 8.85. The third-order valence-electron chi connectivity index (χ3n) is 3.65. The number of amides is 1. The molecule has 21 heavy (non-hydrogen) atoms. The summed E-state index contributed by atoms with van der Waals surface area (Å²) in [7, 11) is 1.51. The molecule has 5 nitrogen and oxygen atoms in total. The number of carbonyl (C=O) groups is 1. The molecule has 0 aromatic heterocycles. The second-order valence-electron chi connectivity index (χ2n) is 5.35. The van der Waals surface area contributed by atoms with Crippen molar-refractivity contribution in [2.75, 3.05) is 26.8 Å². The van der Waals surface area contributed by atoms with Crippen LogP contribution in [0.4, 0.5) is 0 Å². The number of nitrogens with zero attached hydrogens (tertiary/aromatic N) is 2. The van der Waals surface area contributed by atoms with Crippen molar-refractivity contribution >= 4 is 5.91 Å². The molecule has 1 unspecified atom stereocenters. The van der Waals surface area contributed by atoms with Crippen LogP contribution in [0.1, 0.15) is 25.3 Å². The molecule has 1 aromatic rings. The number of likely N-dealkylation sites (tertiary alicyclic amines) is 1. The van der Waals surface area contributed by atoms with Crippen LogP contribution in [0.5, 0.6) is 11.5 Å². The largest absolute Gasteiger partial charge is 0.493 e. The van der Waals surface area contributed by atoms with Crippen LogP contribution in [0.3, 0.4) is 0 Å². The summed E-state index contributed by atoms with van der Waals surface area (Å²) in [4.78, 5) is 14.0. The van der Waals surface area contributed by atoms with Crippen LogP contribution in [0.2, 0.25) is 0 Å². The van der Waals surface area contributed by atoms with Gasteiger partial charge in [-0.3, -0.25) is 4.79 Å². The maximum Gasteiger partial charge on any atom is 0.260 e. The standard InChI is InChI=1S/C16H20N2O3/c1-12-4-3-7-18(10-12)16(19)11-21-14-6-5-13(9-17)8-15(14)20-2/h5-6,8,12H,3-4,7,10-11H2,1-2H3. The van der Waals surface area contributed by atoms with Crippen LogP contribution < -0.4 is 9.47 Å². The van der Waals surface area contributed by atoms with Gasteiger partial charge in [0.25, 0.3) is 5.91 Å². The lowest BCUT2D eigenvalue weighted by Crippen LogP contribution is -2.41. The molecule has 0 saturated carbocycles. The quantitative estimate of drug-likeness (QED) is 0.852. The topological polar surface area (TPSA) is 62.6 Å². The second-order valence-corrected chi connectivity index (χ2v) is 5.35. The van der Waals surface area contributed by atoms with E-state index in [1.54, 1.807) is 18.2 Å². The molecule has 2 rings (SSSR count). The fraction of sp³-hybridized carbons (Fsp3) is 0.500. The Hall–Kier alpha value is -2.22. The first-order chi connectivity index (χ1) is 10.1. The maximum atomic E-state index is 12.1. The summed E-state index contributed by atoms with van der Waals surface area (Å²) in [5.74, 6) is 1.49. The first-order valence-electron chi connectivity index (χ1n) is 7.12. The van der Waals surface area contributed by atoms with Crippen molar-refractivity contribution in [1.82, 2.24) is 4.90 Å². The van der Waals surface area contributed by atoms with Crippen molar-refractivity contribution < 1.29 is 14.3 Å². The fourth-order valence-electron chi connectivity index (χ4n) is 2.50. The minimum atomic E-state index is -0.00652. The Bertz CT molecular complexity index is 551. The summed E-state index contributed by atoms with van der Waals surface area (Å²) in [6.45, 7) is 3.75. The lowest BCUT2D eigenvalue weighted by Gasteiger charge is -2.30. The van der Waals surface area contributed by atoms with Crippen molar-refractivity contribution in [3.8, 4) is 17.6 Å². The van der Waals surface area contributed by atoms with Gasteiger partial charge in [-0.2, -0.15) is 5.26 Å². The summed E-state index contributed by atoms with van der Waals surface area (Å²) in [6.07, 6.45) is 2.22. The Kier molecular flexibility index (Phi) is 5.04. The number of benzene rings is 1. The molecule has 1 amide bonds. The van der Waals surface area contributed by atoms with E-state index in [0.29, 0.717) is 23.0 Å². The Labute approximate surface area is 125 Å². The Balaban J connectivity index is 1.96. The van der Waals surface area contributed by atoms with Crippen LogP contribution in [-0.2, 0) is 4.79 Å². The number of hydrogen-bond acceptors (Lipinski definition) is 4. The number of rotatable bonds is 4. The zero-order chi connectivity index (χ0) is 15.2. The highest BCUT2D eigenvalue weighted by Gasteiger charge is 2.21. The van der Waals surface area contributed by atoms with Gasteiger partial charge >= 0.3 is 0 Å². The number of methoxy groups -OCH3 is 1. The molecule has 112 valence electrons. The van der Waals surface area contributed by atoms with Gasteiger partial charge in [0.05, 0.1) is 18.7 Å². The molecule has 0 aliphatic carbocycles. The molecule has 5 heteroatoms. The van der Waals surface area contributed by atoms with E-state index < -0.39 is 0 Å². The summed E-state index contributed by atoms with van der Waals surface area (Å²) in [5.41, 5.74) is 0.496. The zero-order valence-electron chi connectivity index (χ0n) is 12.5. The van der Waals surface area contributed by atoms with E-state index >= 15 is 0 Å². The van der Waals surface area contributed by atoms with Gasteiger partial charge in [0.2, 0.25) is 0 Å². The van der Waals surface area contributed by atoms with E-state index in [2.05, 4.69) is 6.92 Å². The van der Waals surface area contributed by atoms with E-state index in [4.69, 9.17) is 14.7 Å². The van der Waals surface area contributed by atoms with Crippen LogP contribution in [0.25, 0.3) is 0 Å². The predicted octanol–water partition coefficient (Wildman–Crippen LogP) is 2.20. The minimum absolute atomic E-state index is 0.00498. The zero-order valence-corrected chi connectivity index (χ0v) is 12.5. The fourth-order valence-corrected chi connectivity index (χ4v) is 2.50. The lowest BCUT2D eigenvalue weighted by atomic mass is 10.0. The number of hydrogen-bond donors (Lipinski definition) is 0. The van der Waals surface area contributed by atoms with E-state index in [0.717, 1.165) is 19.5 Å². The first kappa shape index (κ1) is 15.2. The molecule has 0 bridgehead atoms. The van der Waals surface area contributed by atoms with Gasteiger partial charge < -0.3 is 14.4 Å². The summed E-state index contributed by atoms with van der Waals surface area (Å²) < 4.78 is 10.7. The minimum Gasteiger partial charge on any atom is -0.493 e. The van der Waals surface area contributed by atoms with Gasteiger partial charge in [-0.25, -0.2) is 0 Å². The van der Waals surface area contributed by atoms with Crippen LogP contribution in [0.15, 0.2) is 18.2 Å². The van der Waals surface area contributed by atoms with E-state index in [-0.39, 0.29) is 12.5 Å². The molecule has 1 fully saturated rings. The Morgan fingerprint density at radius 2 is 2.29 bits per heavy atom. The van der Waals surface area contributed by atoms with Crippen molar-refractivity contribution in [3.63, 3.8) is 0 Å². The normalized spacial score (nSPS) is 18.0. The van der Waals surface area contributed by atoms with Gasteiger partial charge in [-0.05, 0) is 30.9 Å². The number of carbonyl (C=O) groups excluding carboxylic acids is 1. The highest BCUT2D eigenvalue weighted by atomic mass is 16.5. The van der Waals surface area contributed by atoms with E-state index in [1.807, 2.05) is 11.0 Å². The molecular weight excluding hydrogens is 268 g/mol. The van der Waals surface area contributed by atoms with Gasteiger partial charge in [0.1, 0.15) is 0 Å². The van der Waals surface area contributed by atoms with Gasteiger partial charge in [-0.15, -0.1) is 0 Å². The summed E-state index contributed by atoms with van der Waals surface area (Å²) in [6, 6.07) is 6.94. The van der Waals surface area contributed by atoms with E-state index in [9.17, 15) is 4.79 Å². The molecule has 0 N–H and O–H groups in total. The number of piperidine rings is 1. The molecule has 1 aromatic carbocycles. The smallest absolute Gasteiger partial charge is 0.260 e. The molecule has 1 saturated heterocycles. The molecule has 1 aliphatic heterocycles. The van der Waals surface area contributed by atoms with Crippen molar-refractivity contribution in [3.05, 3.63) is 23.8 Å². The van der Waals surface area contributed by atoms with Gasteiger partial charge in [0, 0.05) is 19.2 Å². The molecule has 1 atom stereocenters. The highest BCUT2D eigenvalue weighted by Crippen LogP contribution is 2.28. The average Bonchev–Trinajstić information content (AvgIpc) is 2.52. The van der Waals surface area contributed by atoms with Crippen molar-refractivity contribution in [2.24, 2.45) is 5.92 Å². The van der Waals surface area contributed by atoms with Crippen molar-refractivity contribution in [1.29, 1.82) is 5.26 Å². The second kappa shape index (κ2) is 6.98. The summed E-state index contributed by atoms with van der Waals surface area (Å²) >= 11 is 0. The Morgan fingerprint density at radius 3 is 2.95 bits per heavy atom. The van der Waals surface area contributed by atoms with Crippen molar-refractivity contribution in [2.45, 2.75) is 19.8 Å². The maximum absolute atomic E-state index is 12.1. The third kappa shape index (κ3) is 3.88. The Morgan fingerprint density at radius 1 is 1.48 bits per heavy atom. The van der Waals surface area contributed by atoms with Crippen LogP contribution >= 0.6 is 0 Å². The van der Waals surface area contributed by atoms with Crippen LogP contribution in [-0.4, -0.2) is 37.6 Å². The van der Waals surface area contributed by atoms with Crippen LogP contribution in [0, 0.1) is 17.2 Å². The molecule has 0 spiro atoms. The first-order valence-corrected chi connectivity index (χ1v) is 7.12. The molecule has 0 radical (unpaired) electrons. The number of nitriles is 1. The molecular formula is C16H20N2O3.